The predicted octanol–water partition coefficient (Wildman–Crippen LogP) is 7.35. The highest BCUT2D eigenvalue weighted by molar-refractivity contribution is 6.20. The molecule has 0 radical (unpaired) electrons. The Morgan fingerprint density at radius 3 is 2.10 bits per heavy atom. The van der Waals surface area contributed by atoms with Gasteiger partial charge in [0, 0.05) is 17.5 Å². The minimum Gasteiger partial charge on any atom is -0.298 e. The van der Waals surface area contributed by atoms with Crippen LogP contribution < -0.4 is 0 Å². The molecule has 6 saturated carbocycles. The van der Waals surface area contributed by atoms with E-state index in [9.17, 15) is 0 Å². The van der Waals surface area contributed by atoms with Gasteiger partial charge in [0.1, 0.15) is 0 Å². The second-order valence-corrected chi connectivity index (χ2v) is 12.5. The molecule has 6 aliphatic carbocycles. The topological polar surface area (TPSA) is 3.24 Å². The van der Waals surface area contributed by atoms with E-state index in [1.165, 1.54) is 70.0 Å². The monoisotopic (exact) mass is 425 g/mol. The summed E-state index contributed by atoms with van der Waals surface area (Å²) in [6, 6.07) is 9.78. The lowest BCUT2D eigenvalue weighted by Crippen LogP contribution is -2.60. The molecule has 6 aliphatic rings. The van der Waals surface area contributed by atoms with Crippen LogP contribution in [0.3, 0.4) is 0 Å². The van der Waals surface area contributed by atoms with Gasteiger partial charge in [-0.2, -0.15) is 0 Å². The third-order valence-electron chi connectivity index (χ3n) is 9.88. The molecule has 0 heterocycles. The van der Waals surface area contributed by atoms with E-state index in [4.69, 9.17) is 11.6 Å². The largest absolute Gasteiger partial charge is 0.298 e. The lowest BCUT2D eigenvalue weighted by atomic mass is 9.52. The van der Waals surface area contributed by atoms with Crippen molar-refractivity contribution in [2.45, 2.75) is 100 Å². The van der Waals surface area contributed by atoms with Gasteiger partial charge in [-0.05, 0) is 117 Å². The van der Waals surface area contributed by atoms with Crippen molar-refractivity contribution in [3.05, 3.63) is 35.4 Å². The molecular formula is C28H40ClN. The maximum atomic E-state index is 6.44. The first kappa shape index (κ1) is 20.1. The van der Waals surface area contributed by atoms with E-state index in [0.29, 0.717) is 16.8 Å². The Morgan fingerprint density at radius 2 is 1.50 bits per heavy atom. The number of nitrogens with zero attached hydrogens (tertiary/aromatic N) is 1. The van der Waals surface area contributed by atoms with Crippen LogP contribution in [0.4, 0.5) is 0 Å². The van der Waals surface area contributed by atoms with Crippen molar-refractivity contribution < 1.29 is 0 Å². The second kappa shape index (κ2) is 7.80. The molecule has 6 fully saturated rings. The Morgan fingerprint density at radius 1 is 0.867 bits per heavy atom. The Balaban J connectivity index is 1.10. The quantitative estimate of drug-likeness (QED) is 0.430. The lowest BCUT2D eigenvalue weighted by molar-refractivity contribution is -0.0886. The summed E-state index contributed by atoms with van der Waals surface area (Å²) in [6.45, 7) is 5.04. The van der Waals surface area contributed by atoms with Gasteiger partial charge in [-0.1, -0.05) is 37.6 Å². The first-order valence-corrected chi connectivity index (χ1v) is 13.5. The van der Waals surface area contributed by atoms with Gasteiger partial charge in [0.05, 0.1) is 0 Å². The zero-order valence-electron chi connectivity index (χ0n) is 18.9. The maximum absolute atomic E-state index is 6.44. The molecule has 0 saturated heterocycles. The van der Waals surface area contributed by atoms with Crippen LogP contribution in [0.2, 0.25) is 0 Å². The molecule has 30 heavy (non-hydrogen) atoms. The fraction of sp³-hybridized carbons (Fsp3) is 0.786. The molecule has 4 bridgehead atoms. The van der Waals surface area contributed by atoms with Crippen LogP contribution in [0.5, 0.6) is 0 Å². The fourth-order valence-corrected chi connectivity index (χ4v) is 9.07. The third-order valence-corrected chi connectivity index (χ3v) is 10.3. The van der Waals surface area contributed by atoms with Gasteiger partial charge in [0.15, 0.2) is 0 Å². The highest BCUT2D eigenvalue weighted by Gasteiger charge is 2.54. The molecule has 0 N–H and O–H groups in total. The highest BCUT2D eigenvalue weighted by atomic mass is 35.5. The molecule has 4 atom stereocenters. The molecule has 0 aromatic heterocycles. The Labute approximate surface area is 188 Å². The van der Waals surface area contributed by atoms with Crippen molar-refractivity contribution in [2.24, 2.45) is 23.7 Å². The minimum atomic E-state index is 0.390. The standard InChI is InChI=1S/C28H40ClN/c1-2-30(28-15-19-10-20(16-28)12-21(11-19)17-28)18-25-14-27(25)23-8-6-22(7-9-23)24-4-3-5-26(29)13-24/h6-9,19-21,24-27H,2-5,10-18H2,1H3. The van der Waals surface area contributed by atoms with Gasteiger partial charge in [-0.25, -0.2) is 0 Å². The first-order valence-electron chi connectivity index (χ1n) is 13.1. The van der Waals surface area contributed by atoms with Crippen molar-refractivity contribution in [1.82, 2.24) is 4.90 Å². The summed E-state index contributed by atoms with van der Waals surface area (Å²) in [5.41, 5.74) is 3.72. The van der Waals surface area contributed by atoms with Crippen molar-refractivity contribution in [2.75, 3.05) is 13.1 Å². The molecule has 1 aromatic carbocycles. The van der Waals surface area contributed by atoms with Crippen LogP contribution in [0.15, 0.2) is 24.3 Å². The van der Waals surface area contributed by atoms with Gasteiger partial charge >= 0.3 is 0 Å². The summed E-state index contributed by atoms with van der Waals surface area (Å²) >= 11 is 6.44. The molecule has 164 valence electrons. The summed E-state index contributed by atoms with van der Waals surface area (Å²) in [5, 5.41) is 0.390. The normalized spacial score (nSPS) is 44.6. The van der Waals surface area contributed by atoms with Gasteiger partial charge in [0.2, 0.25) is 0 Å². The van der Waals surface area contributed by atoms with E-state index in [2.05, 4.69) is 36.1 Å². The van der Waals surface area contributed by atoms with Gasteiger partial charge < -0.3 is 0 Å². The number of hydrogen-bond acceptors (Lipinski definition) is 1. The van der Waals surface area contributed by atoms with Gasteiger partial charge in [-0.3, -0.25) is 4.90 Å². The van der Waals surface area contributed by atoms with E-state index in [1.807, 2.05) is 0 Å². The number of halogens is 1. The maximum Gasteiger partial charge on any atom is 0.0341 e. The smallest absolute Gasteiger partial charge is 0.0341 e. The summed E-state index contributed by atoms with van der Waals surface area (Å²) in [4.78, 5) is 2.97. The average Bonchev–Trinajstić information content (AvgIpc) is 3.50. The number of benzene rings is 1. The average molecular weight is 426 g/mol. The molecule has 0 amide bonds. The Kier molecular flexibility index (Phi) is 5.23. The molecule has 1 aromatic rings. The van der Waals surface area contributed by atoms with E-state index in [0.717, 1.165) is 29.6 Å². The van der Waals surface area contributed by atoms with Gasteiger partial charge in [-0.15, -0.1) is 11.6 Å². The zero-order valence-corrected chi connectivity index (χ0v) is 19.6. The van der Waals surface area contributed by atoms with Crippen LogP contribution in [-0.4, -0.2) is 28.9 Å². The summed E-state index contributed by atoms with van der Waals surface area (Å²) in [7, 11) is 0. The minimum absolute atomic E-state index is 0.390. The number of hydrogen-bond donors (Lipinski definition) is 0. The molecule has 7 rings (SSSR count). The zero-order chi connectivity index (χ0) is 20.3. The predicted molar refractivity (Wildman–Crippen MR) is 126 cm³/mol. The van der Waals surface area contributed by atoms with Crippen molar-refractivity contribution in [1.29, 1.82) is 0 Å². The highest BCUT2D eigenvalue weighted by Crippen LogP contribution is 2.59. The SMILES string of the molecule is CCN(CC1CC1c1ccc(C2CCCC(Cl)C2)cc1)C12CC3CC(CC(C3)C1)C2. The summed E-state index contributed by atoms with van der Waals surface area (Å²) in [6.07, 6.45) is 15.6. The van der Waals surface area contributed by atoms with Crippen LogP contribution in [-0.2, 0) is 0 Å². The van der Waals surface area contributed by atoms with E-state index >= 15 is 0 Å². The number of rotatable bonds is 6. The van der Waals surface area contributed by atoms with Crippen LogP contribution >= 0.6 is 11.6 Å². The van der Waals surface area contributed by atoms with E-state index in [1.54, 1.807) is 24.8 Å². The van der Waals surface area contributed by atoms with Crippen LogP contribution in [0.1, 0.15) is 101 Å². The van der Waals surface area contributed by atoms with Crippen molar-refractivity contribution in [3.63, 3.8) is 0 Å². The van der Waals surface area contributed by atoms with Crippen LogP contribution in [0.25, 0.3) is 0 Å². The van der Waals surface area contributed by atoms with Crippen molar-refractivity contribution in [3.8, 4) is 0 Å². The molecule has 0 spiro atoms. The fourth-order valence-electron chi connectivity index (χ4n) is 8.70. The van der Waals surface area contributed by atoms with Gasteiger partial charge in [0.25, 0.3) is 0 Å². The van der Waals surface area contributed by atoms with Crippen LogP contribution in [0, 0.1) is 23.7 Å². The van der Waals surface area contributed by atoms with E-state index in [-0.39, 0.29) is 0 Å². The Hall–Kier alpha value is -0.530. The number of alkyl halides is 1. The lowest BCUT2D eigenvalue weighted by Gasteiger charge is -2.60. The molecule has 1 nitrogen and oxygen atoms in total. The van der Waals surface area contributed by atoms with Crippen molar-refractivity contribution >= 4 is 11.6 Å². The molecule has 0 aliphatic heterocycles. The Bertz CT molecular complexity index is 719. The molecule has 2 heteroatoms. The molecular weight excluding hydrogens is 386 g/mol. The van der Waals surface area contributed by atoms with E-state index < -0.39 is 0 Å². The summed E-state index contributed by atoms with van der Waals surface area (Å²) in [5.74, 6) is 5.57. The molecule has 4 unspecified atom stereocenters. The third kappa shape index (κ3) is 3.66. The second-order valence-electron chi connectivity index (χ2n) is 11.9. The summed E-state index contributed by atoms with van der Waals surface area (Å²) < 4.78 is 0. The first-order chi connectivity index (χ1) is 14.6.